The van der Waals surface area contributed by atoms with E-state index in [0.29, 0.717) is 5.82 Å². The maximum atomic E-state index is 6.56. The van der Waals surface area contributed by atoms with Crippen molar-refractivity contribution in [2.75, 3.05) is 0 Å². The summed E-state index contributed by atoms with van der Waals surface area (Å²) in [7, 11) is 0. The summed E-state index contributed by atoms with van der Waals surface area (Å²) in [6.45, 7) is 0. The lowest BCUT2D eigenvalue weighted by Crippen LogP contribution is -1.97. The van der Waals surface area contributed by atoms with Crippen molar-refractivity contribution in [2.24, 2.45) is 0 Å². The lowest BCUT2D eigenvalue weighted by molar-refractivity contribution is 0.635. The molecule has 4 aromatic carbocycles. The number of hydrogen-bond acceptors (Lipinski definition) is 5. The van der Waals surface area contributed by atoms with Crippen molar-refractivity contribution >= 4 is 32.8 Å². The van der Waals surface area contributed by atoms with Crippen LogP contribution in [0, 0.1) is 0 Å². The quantitative estimate of drug-likeness (QED) is 0.199. The summed E-state index contributed by atoms with van der Waals surface area (Å²) < 4.78 is 8.86. The second-order valence-corrected chi connectivity index (χ2v) is 11.2. The van der Waals surface area contributed by atoms with Gasteiger partial charge in [0.05, 0.1) is 27.8 Å². The van der Waals surface area contributed by atoms with E-state index in [9.17, 15) is 0 Å². The molecule has 0 saturated heterocycles. The van der Waals surface area contributed by atoms with Crippen LogP contribution in [0.5, 0.6) is 0 Å². The molecule has 0 spiro atoms. The zero-order valence-corrected chi connectivity index (χ0v) is 24.6. The van der Waals surface area contributed by atoms with Gasteiger partial charge in [-0.05, 0) is 78.9 Å². The standard InChI is InChI=1S/C40H25N5O/c1-2-6-28(7-3-1)37-24-30-12-15-36-38(39(30)46-37)32-8-4-5-9-35(32)45(36)31-13-10-29(11-14-31)40-43-33(26-16-20-41-21-17-26)25-34(44-40)27-18-22-42-23-19-27/h1-25H. The number of furan rings is 1. The molecule has 0 fully saturated rings. The lowest BCUT2D eigenvalue weighted by atomic mass is 10.1. The van der Waals surface area contributed by atoms with Gasteiger partial charge in [0.2, 0.25) is 0 Å². The highest BCUT2D eigenvalue weighted by atomic mass is 16.3. The molecule has 0 aliphatic rings. The Hall–Kier alpha value is -6.40. The number of nitrogens with zero attached hydrogens (tertiary/aromatic N) is 5. The first-order valence-electron chi connectivity index (χ1n) is 15.1. The van der Waals surface area contributed by atoms with Gasteiger partial charge in [-0.25, -0.2) is 9.97 Å². The summed E-state index contributed by atoms with van der Waals surface area (Å²) in [4.78, 5) is 18.3. The van der Waals surface area contributed by atoms with Crippen LogP contribution in [0.3, 0.4) is 0 Å². The van der Waals surface area contributed by atoms with E-state index in [0.717, 1.165) is 77.9 Å². The van der Waals surface area contributed by atoms with Crippen molar-refractivity contribution < 1.29 is 4.42 Å². The van der Waals surface area contributed by atoms with Gasteiger partial charge in [-0.15, -0.1) is 0 Å². The minimum absolute atomic E-state index is 0.653. The van der Waals surface area contributed by atoms with Crippen molar-refractivity contribution in [3.63, 3.8) is 0 Å². The van der Waals surface area contributed by atoms with Gasteiger partial charge >= 0.3 is 0 Å². The molecule has 0 amide bonds. The van der Waals surface area contributed by atoms with E-state index < -0.39 is 0 Å². The molecule has 9 aromatic rings. The highest BCUT2D eigenvalue weighted by Gasteiger charge is 2.18. The van der Waals surface area contributed by atoms with Crippen molar-refractivity contribution in [3.05, 3.63) is 152 Å². The molecule has 0 radical (unpaired) electrons. The third-order valence-corrected chi connectivity index (χ3v) is 8.44. The molecule has 216 valence electrons. The van der Waals surface area contributed by atoms with Crippen LogP contribution in [-0.2, 0) is 0 Å². The van der Waals surface area contributed by atoms with Crippen LogP contribution in [0.4, 0.5) is 0 Å². The smallest absolute Gasteiger partial charge is 0.160 e. The number of hydrogen-bond donors (Lipinski definition) is 0. The first-order valence-corrected chi connectivity index (χ1v) is 15.1. The molecule has 5 aromatic heterocycles. The van der Waals surface area contributed by atoms with E-state index in [1.165, 1.54) is 0 Å². The summed E-state index contributed by atoms with van der Waals surface area (Å²) in [5, 5.41) is 3.34. The number of rotatable bonds is 5. The maximum absolute atomic E-state index is 6.56. The molecule has 6 nitrogen and oxygen atoms in total. The zero-order valence-electron chi connectivity index (χ0n) is 24.6. The SMILES string of the molecule is c1ccc(-c2cc3ccc4c(c5ccccc5n4-c4ccc(-c5nc(-c6ccncc6)cc(-c6ccncc6)n5)cc4)c3o2)cc1. The summed E-state index contributed by atoms with van der Waals surface area (Å²) >= 11 is 0. The van der Waals surface area contributed by atoms with Crippen LogP contribution >= 0.6 is 0 Å². The highest BCUT2D eigenvalue weighted by molar-refractivity contribution is 6.20. The summed E-state index contributed by atoms with van der Waals surface area (Å²) in [6.07, 6.45) is 7.12. The van der Waals surface area contributed by atoms with Crippen LogP contribution in [0.25, 0.3) is 83.7 Å². The maximum Gasteiger partial charge on any atom is 0.160 e. The molecule has 0 saturated carbocycles. The number of pyridine rings is 2. The fraction of sp³-hybridized carbons (Fsp3) is 0. The molecule has 0 atom stereocenters. The Morgan fingerprint density at radius 2 is 1.15 bits per heavy atom. The van der Waals surface area contributed by atoms with Gasteiger partial charge in [0.15, 0.2) is 5.82 Å². The molecule has 9 rings (SSSR count). The molecule has 0 N–H and O–H groups in total. The van der Waals surface area contributed by atoms with Gasteiger partial charge in [0, 0.05) is 63.5 Å². The van der Waals surface area contributed by atoms with E-state index in [2.05, 4.69) is 93.4 Å². The van der Waals surface area contributed by atoms with Crippen LogP contribution in [0.15, 0.2) is 157 Å². The monoisotopic (exact) mass is 591 g/mol. The fourth-order valence-electron chi connectivity index (χ4n) is 6.25. The predicted molar refractivity (Wildman–Crippen MR) is 183 cm³/mol. The minimum Gasteiger partial charge on any atom is -0.455 e. The molecule has 0 unspecified atom stereocenters. The summed E-state index contributed by atoms with van der Waals surface area (Å²) in [6, 6.07) is 43.6. The van der Waals surface area contributed by atoms with Gasteiger partial charge in [-0.3, -0.25) is 9.97 Å². The van der Waals surface area contributed by atoms with Crippen molar-refractivity contribution in [2.45, 2.75) is 0 Å². The Balaban J connectivity index is 1.18. The minimum atomic E-state index is 0.653. The molecule has 5 heterocycles. The first kappa shape index (κ1) is 26.0. The van der Waals surface area contributed by atoms with E-state index in [4.69, 9.17) is 14.4 Å². The van der Waals surface area contributed by atoms with Gasteiger partial charge in [0.25, 0.3) is 0 Å². The Morgan fingerprint density at radius 1 is 0.500 bits per heavy atom. The van der Waals surface area contributed by atoms with Crippen molar-refractivity contribution in [3.8, 4) is 50.9 Å². The van der Waals surface area contributed by atoms with Gasteiger partial charge in [-0.2, -0.15) is 0 Å². The van der Waals surface area contributed by atoms with Crippen molar-refractivity contribution in [1.82, 2.24) is 24.5 Å². The van der Waals surface area contributed by atoms with Crippen LogP contribution in [0.1, 0.15) is 0 Å². The first-order chi connectivity index (χ1) is 22.8. The largest absolute Gasteiger partial charge is 0.455 e. The zero-order chi connectivity index (χ0) is 30.5. The van der Waals surface area contributed by atoms with Gasteiger partial charge in [0.1, 0.15) is 11.3 Å². The van der Waals surface area contributed by atoms with E-state index in [-0.39, 0.29) is 0 Å². The highest BCUT2D eigenvalue weighted by Crippen LogP contribution is 2.40. The van der Waals surface area contributed by atoms with E-state index in [1.807, 2.05) is 48.5 Å². The predicted octanol–water partition coefficient (Wildman–Crippen LogP) is 9.78. The van der Waals surface area contributed by atoms with E-state index in [1.54, 1.807) is 24.8 Å². The Morgan fingerprint density at radius 3 is 1.85 bits per heavy atom. The molecule has 6 heteroatoms. The van der Waals surface area contributed by atoms with E-state index >= 15 is 0 Å². The van der Waals surface area contributed by atoms with Gasteiger partial charge in [-0.1, -0.05) is 48.5 Å². The number of aromatic nitrogens is 5. The Labute approximate surface area is 264 Å². The third-order valence-electron chi connectivity index (χ3n) is 8.44. The molecular weight excluding hydrogens is 566 g/mol. The summed E-state index contributed by atoms with van der Waals surface area (Å²) in [5.41, 5.74) is 9.77. The van der Waals surface area contributed by atoms with Crippen LogP contribution in [0.2, 0.25) is 0 Å². The van der Waals surface area contributed by atoms with Crippen LogP contribution in [-0.4, -0.2) is 24.5 Å². The second-order valence-electron chi connectivity index (χ2n) is 11.2. The van der Waals surface area contributed by atoms with Crippen molar-refractivity contribution in [1.29, 1.82) is 0 Å². The average molecular weight is 592 g/mol. The number of para-hydroxylation sites is 1. The molecule has 0 aliphatic heterocycles. The normalized spacial score (nSPS) is 11.5. The molecule has 46 heavy (non-hydrogen) atoms. The fourth-order valence-corrected chi connectivity index (χ4v) is 6.25. The lowest BCUT2D eigenvalue weighted by Gasteiger charge is -2.11. The average Bonchev–Trinajstić information content (AvgIpc) is 3.72. The molecule has 0 aliphatic carbocycles. The number of fused-ring (bicyclic) bond motifs is 5. The Kier molecular flexibility index (Phi) is 6.03. The number of benzene rings is 4. The molecular formula is C40H25N5O. The van der Waals surface area contributed by atoms with Gasteiger partial charge < -0.3 is 8.98 Å². The molecule has 0 bridgehead atoms. The van der Waals surface area contributed by atoms with Crippen LogP contribution < -0.4 is 0 Å². The summed E-state index contributed by atoms with van der Waals surface area (Å²) in [5.74, 6) is 1.52. The topological polar surface area (TPSA) is 69.6 Å². The third kappa shape index (κ3) is 4.35. The Bertz CT molecular complexity index is 2440. The second kappa shape index (κ2) is 10.6.